The Hall–Kier alpha value is -1.85. The third-order valence-electron chi connectivity index (χ3n) is 3.88. The number of amides is 1. The minimum Gasteiger partial charge on any atom is -0.451 e. The van der Waals surface area contributed by atoms with Gasteiger partial charge in [0.1, 0.15) is 5.58 Å². The van der Waals surface area contributed by atoms with E-state index in [4.69, 9.17) is 9.15 Å². The zero-order valence-electron chi connectivity index (χ0n) is 13.0. The molecule has 0 saturated carbocycles. The third kappa shape index (κ3) is 3.15. The van der Waals surface area contributed by atoms with Crippen LogP contribution < -0.4 is 10.6 Å². The second-order valence-electron chi connectivity index (χ2n) is 6.00. The number of carbonyl (C=O) groups is 1. The highest BCUT2D eigenvalue weighted by Gasteiger charge is 2.23. The average molecular weight is 302 g/mol. The van der Waals surface area contributed by atoms with Crippen molar-refractivity contribution < 1.29 is 13.9 Å². The van der Waals surface area contributed by atoms with Crippen molar-refractivity contribution in [1.29, 1.82) is 0 Å². The maximum absolute atomic E-state index is 12.4. The predicted octanol–water partition coefficient (Wildman–Crippen LogP) is 2.31. The summed E-state index contributed by atoms with van der Waals surface area (Å²) in [7, 11) is 0. The van der Waals surface area contributed by atoms with Gasteiger partial charge in [0.05, 0.1) is 12.7 Å². The van der Waals surface area contributed by atoms with E-state index in [0.29, 0.717) is 24.8 Å². The summed E-state index contributed by atoms with van der Waals surface area (Å²) in [5.74, 6) is 0.725. The molecule has 1 amide bonds. The zero-order chi connectivity index (χ0) is 15.5. The number of furan rings is 1. The van der Waals surface area contributed by atoms with Gasteiger partial charge in [0, 0.05) is 36.5 Å². The zero-order valence-corrected chi connectivity index (χ0v) is 13.0. The molecule has 0 spiro atoms. The van der Waals surface area contributed by atoms with Gasteiger partial charge < -0.3 is 19.8 Å². The van der Waals surface area contributed by atoms with Crippen molar-refractivity contribution in [3.8, 4) is 0 Å². The van der Waals surface area contributed by atoms with Crippen molar-refractivity contribution in [2.45, 2.75) is 26.6 Å². The Labute approximate surface area is 130 Å². The number of carbonyl (C=O) groups excluding carboxylic acids is 1. The van der Waals surface area contributed by atoms with Crippen LogP contribution in [0, 0.1) is 5.92 Å². The van der Waals surface area contributed by atoms with Gasteiger partial charge in [0.25, 0.3) is 5.91 Å². The molecule has 22 heavy (non-hydrogen) atoms. The first-order valence-electron chi connectivity index (χ1n) is 7.76. The molecule has 2 N–H and O–H groups in total. The van der Waals surface area contributed by atoms with Crippen LogP contribution in [0.15, 0.2) is 28.7 Å². The Morgan fingerprint density at radius 1 is 1.41 bits per heavy atom. The number of para-hydroxylation sites is 1. The van der Waals surface area contributed by atoms with Gasteiger partial charge in [-0.05, 0) is 19.9 Å². The van der Waals surface area contributed by atoms with Gasteiger partial charge in [-0.25, -0.2) is 0 Å². The van der Waals surface area contributed by atoms with Crippen molar-refractivity contribution in [3.05, 3.63) is 35.6 Å². The van der Waals surface area contributed by atoms with E-state index in [1.807, 2.05) is 38.1 Å². The molecule has 0 aliphatic carbocycles. The van der Waals surface area contributed by atoms with Gasteiger partial charge in [0.2, 0.25) is 0 Å². The lowest BCUT2D eigenvalue weighted by Crippen LogP contribution is -2.48. The molecule has 0 unspecified atom stereocenters. The summed E-state index contributed by atoms with van der Waals surface area (Å²) in [6, 6.07) is 7.68. The van der Waals surface area contributed by atoms with Crippen LogP contribution in [-0.2, 0) is 11.3 Å². The van der Waals surface area contributed by atoms with Gasteiger partial charge in [-0.15, -0.1) is 0 Å². The minimum atomic E-state index is -0.162. The summed E-state index contributed by atoms with van der Waals surface area (Å²) in [6.45, 7) is 6.93. The molecule has 1 aromatic heterocycles. The highest BCUT2D eigenvalue weighted by Crippen LogP contribution is 2.27. The monoisotopic (exact) mass is 302 g/mol. The van der Waals surface area contributed by atoms with E-state index in [1.165, 1.54) is 0 Å². The fourth-order valence-electron chi connectivity index (χ4n) is 2.49. The van der Waals surface area contributed by atoms with Crippen molar-refractivity contribution in [3.63, 3.8) is 0 Å². The second-order valence-corrected chi connectivity index (χ2v) is 6.00. The van der Waals surface area contributed by atoms with E-state index in [9.17, 15) is 4.79 Å². The lowest BCUT2D eigenvalue weighted by Gasteiger charge is -2.26. The number of hydrogen-bond donors (Lipinski definition) is 2. The highest BCUT2D eigenvalue weighted by molar-refractivity contribution is 5.99. The summed E-state index contributed by atoms with van der Waals surface area (Å²) in [4.78, 5) is 12.4. The van der Waals surface area contributed by atoms with Gasteiger partial charge in [-0.3, -0.25) is 4.79 Å². The Morgan fingerprint density at radius 2 is 2.18 bits per heavy atom. The summed E-state index contributed by atoms with van der Waals surface area (Å²) < 4.78 is 11.5. The molecule has 5 nitrogen and oxygen atoms in total. The largest absolute Gasteiger partial charge is 0.451 e. The number of ether oxygens (including phenoxy) is 1. The molecule has 5 heteroatoms. The molecule has 2 aromatic rings. The molecule has 2 heterocycles. The molecule has 3 rings (SSSR count). The van der Waals surface area contributed by atoms with Crippen LogP contribution >= 0.6 is 0 Å². The predicted molar refractivity (Wildman–Crippen MR) is 84.8 cm³/mol. The average Bonchev–Trinajstić information content (AvgIpc) is 2.82. The highest BCUT2D eigenvalue weighted by atomic mass is 16.5. The first-order valence-corrected chi connectivity index (χ1v) is 7.76. The maximum Gasteiger partial charge on any atom is 0.287 e. The fraction of sp³-hybridized carbons (Fsp3) is 0.471. The lowest BCUT2D eigenvalue weighted by atomic mass is 10.0. The van der Waals surface area contributed by atoms with Crippen molar-refractivity contribution >= 4 is 16.9 Å². The van der Waals surface area contributed by atoms with Crippen LogP contribution in [-0.4, -0.2) is 31.6 Å². The van der Waals surface area contributed by atoms with Crippen molar-refractivity contribution in [2.75, 3.05) is 19.6 Å². The number of hydrogen-bond acceptors (Lipinski definition) is 4. The molecule has 0 bridgehead atoms. The molecule has 1 aliphatic rings. The van der Waals surface area contributed by atoms with Crippen LogP contribution in [0.1, 0.15) is 30.0 Å². The Balaban J connectivity index is 1.82. The molecular weight excluding hydrogens is 280 g/mol. The van der Waals surface area contributed by atoms with E-state index in [0.717, 1.165) is 29.6 Å². The number of nitrogens with one attached hydrogen (secondary N) is 2. The van der Waals surface area contributed by atoms with Crippen LogP contribution in [0.4, 0.5) is 0 Å². The van der Waals surface area contributed by atoms with Crippen LogP contribution in [0.3, 0.4) is 0 Å². The third-order valence-corrected chi connectivity index (χ3v) is 3.88. The normalized spacial score (nSPS) is 15.2. The Morgan fingerprint density at radius 3 is 2.86 bits per heavy atom. The molecule has 0 radical (unpaired) electrons. The van der Waals surface area contributed by atoms with Gasteiger partial charge in [0.15, 0.2) is 5.76 Å². The molecule has 1 aromatic carbocycles. The van der Waals surface area contributed by atoms with E-state index in [2.05, 4.69) is 10.6 Å². The quantitative estimate of drug-likeness (QED) is 0.859. The van der Waals surface area contributed by atoms with E-state index >= 15 is 0 Å². The minimum absolute atomic E-state index is 0.102. The van der Waals surface area contributed by atoms with Gasteiger partial charge in [-0.1, -0.05) is 18.2 Å². The first kappa shape index (κ1) is 15.1. The molecule has 1 fully saturated rings. The number of rotatable bonds is 6. The summed E-state index contributed by atoms with van der Waals surface area (Å²) in [5.41, 5.74) is 1.55. The molecule has 1 saturated heterocycles. The second kappa shape index (κ2) is 6.50. The fourth-order valence-corrected chi connectivity index (χ4v) is 2.49. The lowest BCUT2D eigenvalue weighted by molar-refractivity contribution is 0.0643. The van der Waals surface area contributed by atoms with E-state index in [1.54, 1.807) is 0 Å². The number of fused-ring (bicyclic) bond motifs is 1. The standard InChI is InChI=1S/C17H22N2O3/c1-11(2)21-10-14-13-5-3-4-6-15(13)22-16(14)17(20)19-9-12-7-18-8-12/h3-6,11-12,18H,7-10H2,1-2H3,(H,19,20). The molecule has 1 aliphatic heterocycles. The van der Waals surface area contributed by atoms with Crippen LogP contribution in [0.2, 0.25) is 0 Å². The molecule has 0 atom stereocenters. The number of benzene rings is 1. The Bertz CT molecular complexity index is 659. The van der Waals surface area contributed by atoms with Gasteiger partial charge in [-0.2, -0.15) is 0 Å². The van der Waals surface area contributed by atoms with Crippen LogP contribution in [0.5, 0.6) is 0 Å². The maximum atomic E-state index is 12.4. The van der Waals surface area contributed by atoms with Gasteiger partial charge >= 0.3 is 0 Å². The SMILES string of the molecule is CC(C)OCc1c(C(=O)NCC2CNC2)oc2ccccc12. The summed E-state index contributed by atoms with van der Waals surface area (Å²) >= 11 is 0. The molecule has 118 valence electrons. The van der Waals surface area contributed by atoms with Crippen molar-refractivity contribution in [1.82, 2.24) is 10.6 Å². The Kier molecular flexibility index (Phi) is 4.45. The van der Waals surface area contributed by atoms with E-state index < -0.39 is 0 Å². The van der Waals surface area contributed by atoms with Crippen molar-refractivity contribution in [2.24, 2.45) is 5.92 Å². The smallest absolute Gasteiger partial charge is 0.287 e. The topological polar surface area (TPSA) is 63.5 Å². The first-order chi connectivity index (χ1) is 10.6. The van der Waals surface area contributed by atoms with Crippen LogP contribution in [0.25, 0.3) is 11.0 Å². The summed E-state index contributed by atoms with van der Waals surface area (Å²) in [5, 5.41) is 7.10. The summed E-state index contributed by atoms with van der Waals surface area (Å²) in [6.07, 6.45) is 0.102. The molecular formula is C17H22N2O3. The van der Waals surface area contributed by atoms with E-state index in [-0.39, 0.29) is 12.0 Å².